The van der Waals surface area contributed by atoms with E-state index in [0.717, 1.165) is 0 Å². The van der Waals surface area contributed by atoms with E-state index in [1.165, 1.54) is 18.3 Å². The van der Waals surface area contributed by atoms with Crippen LogP contribution in [0.15, 0.2) is 46.1 Å². The first-order valence-corrected chi connectivity index (χ1v) is 5.47. The Labute approximate surface area is 99.1 Å². The van der Waals surface area contributed by atoms with Crippen LogP contribution in [0.25, 0.3) is 0 Å². The van der Waals surface area contributed by atoms with Crippen LogP contribution in [0.2, 0.25) is 0 Å². The van der Waals surface area contributed by atoms with Crippen LogP contribution < -0.4 is 16.9 Å². The summed E-state index contributed by atoms with van der Waals surface area (Å²) in [6.45, 7) is 0. The van der Waals surface area contributed by atoms with Gasteiger partial charge in [0.25, 0.3) is 0 Å². The second-order valence-corrected chi connectivity index (χ2v) is 4.36. The van der Waals surface area contributed by atoms with Crippen LogP contribution in [0.5, 0.6) is 0 Å². The normalized spacial score (nSPS) is 14.8. The molecule has 0 saturated carbocycles. The van der Waals surface area contributed by atoms with Crippen molar-refractivity contribution < 1.29 is 4.21 Å². The van der Waals surface area contributed by atoms with Crippen molar-refractivity contribution in [3.05, 3.63) is 41.1 Å². The van der Waals surface area contributed by atoms with Crippen molar-refractivity contribution in [1.82, 2.24) is 4.98 Å². The minimum absolute atomic E-state index is 0.0882. The molecule has 4 nitrogen and oxygen atoms in total. The lowest BCUT2D eigenvalue weighted by Crippen LogP contribution is -2.10. The predicted molar refractivity (Wildman–Crippen MR) is 66.3 cm³/mol. The number of hydrogen-bond acceptors (Lipinski definition) is 4. The molecule has 1 heterocycles. The molecule has 0 amide bonds. The van der Waals surface area contributed by atoms with E-state index in [1.54, 1.807) is 12.1 Å². The summed E-state index contributed by atoms with van der Waals surface area (Å²) >= 11 is 0. The van der Waals surface area contributed by atoms with E-state index < -0.39 is 10.8 Å². The van der Waals surface area contributed by atoms with E-state index in [0.29, 0.717) is 10.5 Å². The summed E-state index contributed by atoms with van der Waals surface area (Å²) < 4.78 is 11.8. The third kappa shape index (κ3) is 3.58. The van der Waals surface area contributed by atoms with Gasteiger partial charge in [-0.2, -0.15) is 0 Å². The minimum atomic E-state index is -1.54. The molecule has 0 aromatic carbocycles. The maximum atomic E-state index is 11.8. The molecule has 1 atom stereocenters. The fraction of sp³-hybridized carbons (Fsp3) is 0. The highest BCUT2D eigenvalue weighted by Crippen LogP contribution is 2.06. The zero-order chi connectivity index (χ0) is 12.1. The minimum Gasteiger partial charge on any atom is -0.411 e. The van der Waals surface area contributed by atoms with Gasteiger partial charge < -0.3 is 11.5 Å². The molecule has 4 radical (unpaired) electrons. The van der Waals surface area contributed by atoms with Crippen LogP contribution in [0.4, 0.5) is 0 Å². The van der Waals surface area contributed by atoms with Gasteiger partial charge >= 0.3 is 0 Å². The summed E-state index contributed by atoms with van der Waals surface area (Å²) in [4.78, 5) is 3.90. The van der Waals surface area contributed by atoms with Crippen LogP contribution in [0, 0.1) is 0 Å². The van der Waals surface area contributed by atoms with Crippen molar-refractivity contribution in [2.24, 2.45) is 11.5 Å². The lowest BCUT2D eigenvalue weighted by Gasteiger charge is -2.01. The monoisotopic (exact) mass is 229 g/mol. The van der Waals surface area contributed by atoms with E-state index in [1.807, 2.05) is 0 Å². The number of rotatable bonds is 3. The first kappa shape index (κ1) is 12.6. The average molecular weight is 229 g/mol. The first-order valence-electron chi connectivity index (χ1n) is 4.32. The van der Waals surface area contributed by atoms with Gasteiger partial charge in [0, 0.05) is 6.20 Å². The highest BCUT2D eigenvalue weighted by molar-refractivity contribution is 7.88. The summed E-state index contributed by atoms with van der Waals surface area (Å²) in [7, 11) is 9.12. The molecule has 0 spiro atoms. The second-order valence-electron chi connectivity index (χ2n) is 2.93. The third-order valence-corrected chi connectivity index (χ3v) is 2.79. The van der Waals surface area contributed by atoms with Crippen molar-refractivity contribution in [2.75, 3.05) is 0 Å². The van der Waals surface area contributed by atoms with Crippen molar-refractivity contribution in [3.63, 3.8) is 0 Å². The average Bonchev–Trinajstić information content (AvgIpc) is 2.26. The van der Waals surface area contributed by atoms with Gasteiger partial charge in [0.2, 0.25) is 0 Å². The third-order valence-electron chi connectivity index (χ3n) is 1.60. The highest BCUT2D eigenvalue weighted by Gasteiger charge is 2.06. The highest BCUT2D eigenvalue weighted by atomic mass is 32.2. The van der Waals surface area contributed by atoms with Gasteiger partial charge in [-0.15, -0.1) is 0 Å². The van der Waals surface area contributed by atoms with E-state index in [2.05, 4.69) is 4.98 Å². The Bertz CT molecular complexity index is 452. The molecular weight excluding hydrogens is 220 g/mol. The fourth-order valence-electron chi connectivity index (χ4n) is 0.862. The van der Waals surface area contributed by atoms with Gasteiger partial charge in [-0.1, -0.05) is 17.6 Å². The van der Waals surface area contributed by atoms with Crippen molar-refractivity contribution in [2.45, 2.75) is 5.03 Å². The number of allylic oxidation sites excluding steroid dienone is 2. The Balaban J connectivity index is 2.90. The molecule has 0 aliphatic rings. The van der Waals surface area contributed by atoms with Gasteiger partial charge in [0.1, 0.15) is 36.5 Å². The maximum absolute atomic E-state index is 11.8. The van der Waals surface area contributed by atoms with Crippen molar-refractivity contribution in [1.29, 1.82) is 0 Å². The molecule has 16 heavy (non-hydrogen) atoms. The maximum Gasteiger partial charge on any atom is 0.137 e. The topological polar surface area (TPSA) is 82.0 Å². The van der Waals surface area contributed by atoms with Crippen molar-refractivity contribution in [3.8, 4) is 0 Å². The van der Waals surface area contributed by atoms with E-state index >= 15 is 0 Å². The van der Waals surface area contributed by atoms with E-state index in [-0.39, 0.29) is 10.6 Å². The van der Waals surface area contributed by atoms with Crippen molar-refractivity contribution >= 4 is 32.0 Å². The number of nitrogens with two attached hydrogens (primary N) is 2. The summed E-state index contributed by atoms with van der Waals surface area (Å²) in [5, 5.41) is 0.442. The van der Waals surface area contributed by atoms with Gasteiger partial charge in [-0.3, -0.25) is 0 Å². The van der Waals surface area contributed by atoms with Gasteiger partial charge in [0.05, 0.1) is 0 Å². The van der Waals surface area contributed by atoms with E-state index in [4.69, 9.17) is 27.2 Å². The Kier molecular flexibility index (Phi) is 4.37. The van der Waals surface area contributed by atoms with Gasteiger partial charge in [-0.25, -0.2) is 9.19 Å². The SMILES string of the molecule is [B]/C(N)=C/C=C(\N)S(=O)c1ccc([B])cn1. The fourth-order valence-corrected chi connectivity index (χ4v) is 1.64. The van der Waals surface area contributed by atoms with Gasteiger partial charge in [-0.05, 0) is 17.7 Å². The molecule has 1 unspecified atom stereocenters. The summed E-state index contributed by atoms with van der Waals surface area (Å²) in [6, 6.07) is 3.14. The second kappa shape index (κ2) is 5.55. The smallest absolute Gasteiger partial charge is 0.137 e. The predicted octanol–water partition coefficient (Wildman–Crippen LogP) is -1.25. The molecule has 1 aromatic heterocycles. The van der Waals surface area contributed by atoms with Crippen LogP contribution in [0.3, 0.4) is 0 Å². The Hall–Kier alpha value is -1.49. The van der Waals surface area contributed by atoms with Crippen LogP contribution in [-0.4, -0.2) is 24.9 Å². The van der Waals surface area contributed by atoms with E-state index in [9.17, 15) is 4.21 Å². The lowest BCUT2D eigenvalue weighted by molar-refractivity contribution is 0.684. The molecule has 0 aliphatic heterocycles. The molecule has 0 saturated heterocycles. The van der Waals surface area contributed by atoms with Crippen LogP contribution in [0.1, 0.15) is 0 Å². The number of pyridine rings is 1. The molecule has 0 fully saturated rings. The van der Waals surface area contributed by atoms with Crippen LogP contribution >= 0.6 is 0 Å². The zero-order valence-corrected chi connectivity index (χ0v) is 9.28. The Morgan fingerprint density at radius 2 is 2.06 bits per heavy atom. The quantitative estimate of drug-likeness (QED) is 0.501. The number of aromatic nitrogens is 1. The largest absolute Gasteiger partial charge is 0.411 e. The zero-order valence-electron chi connectivity index (χ0n) is 8.46. The number of hydrogen-bond donors (Lipinski definition) is 2. The van der Waals surface area contributed by atoms with Gasteiger partial charge in [0.15, 0.2) is 0 Å². The molecular formula is C9H9B2N3OS. The molecule has 0 aliphatic carbocycles. The Morgan fingerprint density at radius 1 is 1.38 bits per heavy atom. The molecule has 4 N–H and O–H groups in total. The Morgan fingerprint density at radius 3 is 2.56 bits per heavy atom. The first-order chi connectivity index (χ1) is 7.50. The number of nitrogens with zero attached hydrogens (tertiary/aromatic N) is 1. The molecule has 1 aromatic rings. The summed E-state index contributed by atoms with van der Waals surface area (Å²) in [5.74, 6) is 0. The molecule has 0 bridgehead atoms. The summed E-state index contributed by atoms with van der Waals surface area (Å²) in [6.07, 6.45) is 4.15. The summed E-state index contributed by atoms with van der Waals surface area (Å²) in [5.41, 5.74) is 11.4. The molecule has 78 valence electrons. The molecule has 1 rings (SSSR count). The van der Waals surface area contributed by atoms with Crippen LogP contribution in [-0.2, 0) is 10.8 Å². The standard InChI is InChI=1S/C9H9B2N3OS/c10-6-1-4-9(14-5-6)16(15)8(13)3-2-7(11)12/h1-5H,12-13H2/b7-2-,8-3+. The lowest BCUT2D eigenvalue weighted by atomic mass is 9.99. The molecule has 7 heteroatoms.